The fourth-order valence-corrected chi connectivity index (χ4v) is 1.72. The lowest BCUT2D eigenvalue weighted by Gasteiger charge is -2.07. The van der Waals surface area contributed by atoms with Crippen LogP contribution in [0.1, 0.15) is 38.5 Å². The predicted octanol–water partition coefficient (Wildman–Crippen LogP) is -2.73. The van der Waals surface area contributed by atoms with Gasteiger partial charge in [-0.2, -0.15) is 0 Å². The van der Waals surface area contributed by atoms with Crippen molar-refractivity contribution in [2.45, 2.75) is 50.7 Å². The van der Waals surface area contributed by atoms with Crippen LogP contribution in [0, 0.1) is 0 Å². The molecule has 12 nitrogen and oxygen atoms in total. The van der Waals surface area contributed by atoms with Crippen molar-refractivity contribution in [2.24, 2.45) is 11.5 Å². The summed E-state index contributed by atoms with van der Waals surface area (Å²) in [5, 5.41) is 55.8. The largest absolute Gasteiger partial charge is 0.479 e. The lowest BCUT2D eigenvalue weighted by molar-refractivity contribution is -0.165. The minimum Gasteiger partial charge on any atom is -0.479 e. The molecule has 0 aliphatic heterocycles. The summed E-state index contributed by atoms with van der Waals surface area (Å²) < 4.78 is 0. The van der Waals surface area contributed by atoms with Crippen LogP contribution < -0.4 is 22.1 Å². The van der Waals surface area contributed by atoms with E-state index in [1.807, 2.05) is 0 Å². The van der Waals surface area contributed by atoms with Gasteiger partial charge in [-0.25, -0.2) is 9.59 Å². The zero-order valence-electron chi connectivity index (χ0n) is 17.7. The summed E-state index contributed by atoms with van der Waals surface area (Å²) in [5.41, 5.74) is 10.6. The zero-order valence-corrected chi connectivity index (χ0v) is 17.7. The fraction of sp³-hybridized carbons (Fsp3) is 0.889. The molecule has 0 heterocycles. The van der Waals surface area contributed by atoms with E-state index < -0.39 is 24.1 Å². The van der Waals surface area contributed by atoms with E-state index in [1.165, 1.54) is 0 Å². The number of aliphatic hydroxyl groups is 4. The van der Waals surface area contributed by atoms with E-state index in [9.17, 15) is 9.59 Å². The number of hydrogen-bond acceptors (Lipinski definition) is 10. The van der Waals surface area contributed by atoms with Crippen LogP contribution >= 0.6 is 0 Å². The monoisotopic (exact) mass is 442 g/mol. The van der Waals surface area contributed by atoms with E-state index >= 15 is 0 Å². The lowest BCUT2D eigenvalue weighted by Crippen LogP contribution is -2.39. The summed E-state index contributed by atoms with van der Waals surface area (Å²) in [6.45, 7) is 6.01. The third-order valence-electron chi connectivity index (χ3n) is 3.44. The van der Waals surface area contributed by atoms with Gasteiger partial charge in [0.15, 0.2) is 12.2 Å². The van der Waals surface area contributed by atoms with Crippen molar-refractivity contribution in [1.29, 1.82) is 0 Å². The van der Waals surface area contributed by atoms with E-state index in [0.29, 0.717) is 0 Å². The second kappa shape index (κ2) is 27.6. The third-order valence-corrected chi connectivity index (χ3v) is 3.44. The van der Waals surface area contributed by atoms with Crippen molar-refractivity contribution in [2.75, 3.05) is 52.5 Å². The summed E-state index contributed by atoms with van der Waals surface area (Å²) in [6.07, 6.45) is 1.63. The summed E-state index contributed by atoms with van der Waals surface area (Å²) >= 11 is 0. The molecule has 2 atom stereocenters. The molecule has 0 aromatic carbocycles. The maximum atomic E-state index is 9.77. The summed E-state index contributed by atoms with van der Waals surface area (Å²) in [6, 6.07) is 0. The first kappa shape index (κ1) is 33.3. The molecule has 0 amide bonds. The number of carbonyl (C=O) groups is 2. The Hall–Kier alpha value is -1.38. The molecule has 0 spiro atoms. The van der Waals surface area contributed by atoms with E-state index in [1.54, 1.807) is 0 Å². The first-order valence-electron chi connectivity index (χ1n) is 10.1. The number of carboxylic acids is 2. The van der Waals surface area contributed by atoms with Gasteiger partial charge < -0.3 is 52.7 Å². The number of aliphatic hydroxyl groups excluding tert-OH is 4. The molecule has 0 saturated carbocycles. The van der Waals surface area contributed by atoms with Crippen LogP contribution in [0.3, 0.4) is 0 Å². The standard InChI is InChI=1S/2C7H18N2O.C4H6O6/c2*8-4-1-2-5-9-6-3-7-10;5-1(3(7)8)2(6)4(9)10/h2*9-10H,1-8H2;1-2,5-6H,(H,7,8)(H,9,10). The van der Waals surface area contributed by atoms with Crippen molar-refractivity contribution in [1.82, 2.24) is 10.6 Å². The van der Waals surface area contributed by atoms with E-state index in [2.05, 4.69) is 10.6 Å². The lowest BCUT2D eigenvalue weighted by atomic mass is 10.2. The number of hydrogen-bond donors (Lipinski definition) is 10. The topological polar surface area (TPSA) is 232 Å². The first-order chi connectivity index (χ1) is 14.3. The molecule has 0 fully saturated rings. The van der Waals surface area contributed by atoms with Crippen molar-refractivity contribution < 1.29 is 40.2 Å². The van der Waals surface area contributed by atoms with Gasteiger partial charge in [-0.3, -0.25) is 0 Å². The van der Waals surface area contributed by atoms with Gasteiger partial charge in [0.2, 0.25) is 0 Å². The molecule has 30 heavy (non-hydrogen) atoms. The maximum absolute atomic E-state index is 9.77. The Morgan fingerprint density at radius 3 is 1.17 bits per heavy atom. The molecule has 0 radical (unpaired) electrons. The normalized spacial score (nSPS) is 12.1. The van der Waals surface area contributed by atoms with Gasteiger partial charge in [-0.05, 0) is 77.8 Å². The van der Waals surface area contributed by atoms with Crippen LogP contribution in [-0.4, -0.2) is 107 Å². The number of rotatable bonds is 17. The van der Waals surface area contributed by atoms with Crippen molar-refractivity contribution in [3.63, 3.8) is 0 Å². The molecule has 182 valence electrons. The molecule has 0 rings (SSSR count). The van der Waals surface area contributed by atoms with Crippen LogP contribution in [0.5, 0.6) is 0 Å². The van der Waals surface area contributed by atoms with Crippen molar-refractivity contribution in [3.05, 3.63) is 0 Å². The number of nitrogens with two attached hydrogens (primary N) is 2. The Balaban J connectivity index is -0.000000364. The van der Waals surface area contributed by atoms with E-state index in [-0.39, 0.29) is 13.2 Å². The first-order valence-corrected chi connectivity index (χ1v) is 10.1. The molecule has 12 heteroatoms. The highest BCUT2D eigenvalue weighted by Gasteiger charge is 2.29. The molecule has 0 aromatic heterocycles. The average molecular weight is 443 g/mol. The fourth-order valence-electron chi connectivity index (χ4n) is 1.72. The quantitative estimate of drug-likeness (QED) is 0.103. The molecule has 2 unspecified atom stereocenters. The van der Waals surface area contributed by atoms with Gasteiger partial charge in [0.05, 0.1) is 0 Å². The predicted molar refractivity (Wildman–Crippen MR) is 113 cm³/mol. The molecular formula is C18H42N4O8. The number of aliphatic carboxylic acids is 2. The van der Waals surface area contributed by atoms with Gasteiger partial charge in [0.1, 0.15) is 0 Å². The molecule has 12 N–H and O–H groups in total. The number of unbranched alkanes of at least 4 members (excludes halogenated alkanes) is 2. The van der Waals surface area contributed by atoms with Crippen LogP contribution in [0.4, 0.5) is 0 Å². The molecule has 0 aromatic rings. The smallest absolute Gasteiger partial charge is 0.335 e. The van der Waals surface area contributed by atoms with Crippen LogP contribution in [0.2, 0.25) is 0 Å². The third kappa shape index (κ3) is 28.8. The van der Waals surface area contributed by atoms with Crippen LogP contribution in [0.25, 0.3) is 0 Å². The van der Waals surface area contributed by atoms with Gasteiger partial charge >= 0.3 is 11.9 Å². The highest BCUT2D eigenvalue weighted by atomic mass is 16.4. The number of nitrogens with one attached hydrogen (secondary N) is 2. The Labute approximate surface area is 178 Å². The summed E-state index contributed by atoms with van der Waals surface area (Å²) in [5.74, 6) is -3.54. The Bertz CT molecular complexity index is 328. The summed E-state index contributed by atoms with van der Waals surface area (Å²) in [4.78, 5) is 19.5. The Kier molecular flexibility index (Phi) is 30.6. The molecule has 0 aliphatic rings. The average Bonchev–Trinajstić information content (AvgIpc) is 2.73. The molecule has 0 bridgehead atoms. The van der Waals surface area contributed by atoms with Gasteiger partial charge in [0, 0.05) is 13.2 Å². The zero-order chi connectivity index (χ0) is 23.6. The van der Waals surface area contributed by atoms with Crippen LogP contribution in [-0.2, 0) is 9.59 Å². The SMILES string of the molecule is NCCCCNCCCO.NCCCCNCCCO.O=C(O)C(O)C(O)C(=O)O. The van der Waals surface area contributed by atoms with Crippen LogP contribution in [0.15, 0.2) is 0 Å². The van der Waals surface area contributed by atoms with Gasteiger partial charge in [-0.1, -0.05) is 0 Å². The maximum Gasteiger partial charge on any atom is 0.335 e. The highest BCUT2D eigenvalue weighted by molar-refractivity contribution is 5.83. The summed E-state index contributed by atoms with van der Waals surface area (Å²) in [7, 11) is 0. The second-order valence-electron chi connectivity index (χ2n) is 6.21. The van der Waals surface area contributed by atoms with Gasteiger partial charge in [0.25, 0.3) is 0 Å². The molecular weight excluding hydrogens is 400 g/mol. The number of carboxylic acid groups (broad SMARTS) is 2. The van der Waals surface area contributed by atoms with E-state index in [0.717, 1.165) is 77.8 Å². The highest BCUT2D eigenvalue weighted by Crippen LogP contribution is 1.92. The second-order valence-corrected chi connectivity index (χ2v) is 6.21. The Morgan fingerprint density at radius 1 is 0.633 bits per heavy atom. The van der Waals surface area contributed by atoms with Crippen molar-refractivity contribution in [3.8, 4) is 0 Å². The Morgan fingerprint density at radius 2 is 0.933 bits per heavy atom. The molecule has 0 aliphatic carbocycles. The van der Waals surface area contributed by atoms with E-state index in [4.69, 9.17) is 42.1 Å². The van der Waals surface area contributed by atoms with Gasteiger partial charge in [-0.15, -0.1) is 0 Å². The van der Waals surface area contributed by atoms with Crippen molar-refractivity contribution >= 4 is 11.9 Å². The minimum absolute atomic E-state index is 0.282. The molecule has 0 saturated heterocycles. The minimum atomic E-state index is -2.27.